The van der Waals surface area contributed by atoms with E-state index < -0.39 is 46.3 Å². The van der Waals surface area contributed by atoms with Crippen molar-refractivity contribution in [3.8, 4) is 5.75 Å². The van der Waals surface area contributed by atoms with Crippen LogP contribution in [-0.4, -0.2) is 44.2 Å². The average molecular weight is 315 g/mol. The highest BCUT2D eigenvalue weighted by Gasteiger charge is 2.33. The van der Waals surface area contributed by atoms with Gasteiger partial charge in [-0.05, 0) is 12.1 Å². The van der Waals surface area contributed by atoms with Gasteiger partial charge in [0.2, 0.25) is 10.0 Å². The molecule has 0 radical (unpaired) electrons. The van der Waals surface area contributed by atoms with E-state index in [1.165, 1.54) is 12.1 Å². The maximum Gasteiger partial charge on any atom is 0.573 e. The Labute approximate surface area is 112 Å². The number of aliphatic hydroxyl groups excluding tert-OH is 2. The van der Waals surface area contributed by atoms with Crippen molar-refractivity contribution in [2.75, 3.05) is 13.2 Å². The van der Waals surface area contributed by atoms with Crippen LogP contribution in [0.3, 0.4) is 0 Å². The molecule has 6 nitrogen and oxygen atoms in total. The molecule has 0 saturated carbocycles. The van der Waals surface area contributed by atoms with Gasteiger partial charge in [-0.3, -0.25) is 0 Å². The molecule has 0 aliphatic rings. The minimum Gasteiger partial charge on any atom is -0.404 e. The van der Waals surface area contributed by atoms with Gasteiger partial charge in [-0.25, -0.2) is 13.1 Å². The Balaban J connectivity index is 3.00. The number of alkyl halides is 3. The van der Waals surface area contributed by atoms with Gasteiger partial charge in [0.05, 0.1) is 12.7 Å². The highest BCUT2D eigenvalue weighted by atomic mass is 32.2. The molecule has 0 spiro atoms. The lowest BCUT2D eigenvalue weighted by atomic mass is 10.3. The number of benzene rings is 1. The number of ether oxygens (including phenoxy) is 1. The fourth-order valence-corrected chi connectivity index (χ4v) is 2.43. The molecule has 0 amide bonds. The molecule has 1 aromatic rings. The monoisotopic (exact) mass is 315 g/mol. The van der Waals surface area contributed by atoms with Crippen molar-refractivity contribution < 1.29 is 36.5 Å². The summed E-state index contributed by atoms with van der Waals surface area (Å²) >= 11 is 0. The highest BCUT2D eigenvalue weighted by Crippen LogP contribution is 2.29. The molecule has 1 rings (SSSR count). The largest absolute Gasteiger partial charge is 0.573 e. The van der Waals surface area contributed by atoms with Crippen LogP contribution in [0.25, 0.3) is 0 Å². The molecule has 0 bridgehead atoms. The van der Waals surface area contributed by atoms with Crippen molar-refractivity contribution in [3.05, 3.63) is 24.3 Å². The van der Waals surface area contributed by atoms with Crippen LogP contribution in [0, 0.1) is 0 Å². The van der Waals surface area contributed by atoms with Gasteiger partial charge < -0.3 is 14.9 Å². The molecule has 3 N–H and O–H groups in total. The van der Waals surface area contributed by atoms with Crippen molar-refractivity contribution in [3.63, 3.8) is 0 Å². The maximum absolute atomic E-state index is 12.2. The molecular formula is C10H12F3NO5S. The normalized spacial score (nSPS) is 14.1. The predicted molar refractivity (Wildman–Crippen MR) is 61.4 cm³/mol. The lowest BCUT2D eigenvalue weighted by Crippen LogP contribution is -2.34. The van der Waals surface area contributed by atoms with Crippen LogP contribution in [0.1, 0.15) is 0 Å². The second kappa shape index (κ2) is 6.39. The lowest BCUT2D eigenvalue weighted by molar-refractivity contribution is -0.275. The Morgan fingerprint density at radius 3 is 2.45 bits per heavy atom. The van der Waals surface area contributed by atoms with Gasteiger partial charge in [0, 0.05) is 6.54 Å². The molecule has 0 saturated heterocycles. The van der Waals surface area contributed by atoms with E-state index in [0.29, 0.717) is 0 Å². The summed E-state index contributed by atoms with van der Waals surface area (Å²) in [6.07, 6.45) is -6.39. The number of hydrogen-bond donors (Lipinski definition) is 3. The van der Waals surface area contributed by atoms with Gasteiger partial charge in [0.15, 0.2) is 0 Å². The summed E-state index contributed by atoms with van der Waals surface area (Å²) in [5, 5.41) is 17.6. The highest BCUT2D eigenvalue weighted by molar-refractivity contribution is 7.89. The summed E-state index contributed by atoms with van der Waals surface area (Å²) < 4.78 is 65.6. The minimum atomic E-state index is -5.03. The van der Waals surface area contributed by atoms with E-state index in [0.717, 1.165) is 12.1 Å². The first kappa shape index (κ1) is 16.7. The number of para-hydroxylation sites is 1. The maximum atomic E-state index is 12.2. The third-order valence-corrected chi connectivity index (χ3v) is 3.55. The van der Waals surface area contributed by atoms with Crippen molar-refractivity contribution in [1.82, 2.24) is 4.72 Å². The Morgan fingerprint density at radius 2 is 1.90 bits per heavy atom. The SMILES string of the molecule is O=S(=O)(NCC(O)CO)c1ccccc1OC(F)(F)F. The molecule has 0 aliphatic heterocycles. The number of rotatable bonds is 6. The van der Waals surface area contributed by atoms with E-state index in [2.05, 4.69) is 4.74 Å². The van der Waals surface area contributed by atoms with E-state index in [4.69, 9.17) is 10.2 Å². The van der Waals surface area contributed by atoms with Crippen LogP contribution >= 0.6 is 0 Å². The molecule has 1 unspecified atom stereocenters. The van der Waals surface area contributed by atoms with Crippen LogP contribution in [-0.2, 0) is 10.0 Å². The number of hydrogen-bond acceptors (Lipinski definition) is 5. The summed E-state index contributed by atoms with van der Waals surface area (Å²) in [5.41, 5.74) is 0. The molecule has 1 atom stereocenters. The van der Waals surface area contributed by atoms with E-state index in [1.807, 2.05) is 4.72 Å². The van der Waals surface area contributed by atoms with Gasteiger partial charge in [-0.15, -0.1) is 13.2 Å². The Bertz CT molecular complexity index is 546. The van der Waals surface area contributed by atoms with Gasteiger partial charge in [-0.1, -0.05) is 12.1 Å². The van der Waals surface area contributed by atoms with Gasteiger partial charge >= 0.3 is 6.36 Å². The first-order valence-corrected chi connectivity index (χ1v) is 6.77. The van der Waals surface area contributed by atoms with E-state index in [9.17, 15) is 21.6 Å². The molecule has 0 aromatic heterocycles. The molecule has 1 aromatic carbocycles. The molecule has 0 fully saturated rings. The summed E-state index contributed by atoms with van der Waals surface area (Å²) in [6.45, 7) is -1.23. The lowest BCUT2D eigenvalue weighted by Gasteiger charge is -2.14. The van der Waals surface area contributed by atoms with Crippen molar-refractivity contribution in [2.45, 2.75) is 17.4 Å². The van der Waals surface area contributed by atoms with Crippen LogP contribution < -0.4 is 9.46 Å². The third kappa shape index (κ3) is 4.96. The number of halogens is 3. The van der Waals surface area contributed by atoms with Crippen LogP contribution in [0.15, 0.2) is 29.2 Å². The van der Waals surface area contributed by atoms with Crippen LogP contribution in [0.2, 0.25) is 0 Å². The Morgan fingerprint density at radius 1 is 1.30 bits per heavy atom. The van der Waals surface area contributed by atoms with Crippen molar-refractivity contribution >= 4 is 10.0 Å². The summed E-state index contributed by atoms with van der Waals surface area (Å²) in [4.78, 5) is -0.720. The molecular weight excluding hydrogens is 303 g/mol. The van der Waals surface area contributed by atoms with E-state index in [-0.39, 0.29) is 0 Å². The van der Waals surface area contributed by atoms with Gasteiger partial charge in [-0.2, -0.15) is 0 Å². The zero-order valence-electron chi connectivity index (χ0n) is 9.96. The van der Waals surface area contributed by atoms with Crippen molar-refractivity contribution in [1.29, 1.82) is 0 Å². The molecule has 114 valence electrons. The van der Waals surface area contributed by atoms with E-state index >= 15 is 0 Å². The fourth-order valence-electron chi connectivity index (χ4n) is 1.23. The number of nitrogens with one attached hydrogen (secondary N) is 1. The topological polar surface area (TPSA) is 95.9 Å². The first-order chi connectivity index (χ1) is 9.15. The molecule has 10 heteroatoms. The Kier molecular flexibility index (Phi) is 5.34. The van der Waals surface area contributed by atoms with Crippen LogP contribution in [0.4, 0.5) is 13.2 Å². The van der Waals surface area contributed by atoms with Crippen molar-refractivity contribution in [2.24, 2.45) is 0 Å². The number of sulfonamides is 1. The summed E-state index contributed by atoms with van der Waals surface area (Å²) in [7, 11) is -4.31. The molecule has 0 aliphatic carbocycles. The molecule has 0 heterocycles. The summed E-state index contributed by atoms with van der Waals surface area (Å²) in [6, 6.07) is 4.18. The van der Waals surface area contributed by atoms with Gasteiger partial charge in [0.1, 0.15) is 10.6 Å². The first-order valence-electron chi connectivity index (χ1n) is 5.29. The quantitative estimate of drug-likeness (QED) is 0.698. The smallest absolute Gasteiger partial charge is 0.404 e. The fraction of sp³-hybridized carbons (Fsp3) is 0.400. The zero-order valence-corrected chi connectivity index (χ0v) is 10.8. The predicted octanol–water partition coefficient (Wildman–Crippen LogP) is 0.217. The van der Waals surface area contributed by atoms with Gasteiger partial charge in [0.25, 0.3) is 0 Å². The molecule has 20 heavy (non-hydrogen) atoms. The second-order valence-corrected chi connectivity index (χ2v) is 5.42. The zero-order chi connectivity index (χ0) is 15.4. The number of aliphatic hydroxyl groups is 2. The summed E-state index contributed by atoms with van der Waals surface area (Å²) in [5.74, 6) is -0.883. The average Bonchev–Trinajstić information content (AvgIpc) is 2.34. The Hall–Kier alpha value is -1.36. The second-order valence-electron chi connectivity index (χ2n) is 3.68. The minimum absolute atomic E-state index is 0.542. The van der Waals surface area contributed by atoms with Crippen LogP contribution in [0.5, 0.6) is 5.75 Å². The standard InChI is InChI=1S/C10H12F3NO5S/c11-10(12,13)19-8-3-1-2-4-9(8)20(17,18)14-5-7(16)6-15/h1-4,7,14-16H,5-6H2. The van der Waals surface area contributed by atoms with E-state index in [1.54, 1.807) is 0 Å². The third-order valence-electron chi connectivity index (χ3n) is 2.08.